The van der Waals surface area contributed by atoms with E-state index in [0.717, 1.165) is 12.1 Å². The van der Waals surface area contributed by atoms with Crippen LogP contribution < -0.4 is 5.32 Å². The number of alkyl halides is 3. The molecule has 0 saturated carbocycles. The summed E-state index contributed by atoms with van der Waals surface area (Å²) >= 11 is 1.19. The van der Waals surface area contributed by atoms with Crippen LogP contribution in [-0.2, 0) is 11.0 Å². The van der Waals surface area contributed by atoms with Gasteiger partial charge in [-0.15, -0.1) is 11.3 Å². The van der Waals surface area contributed by atoms with Crippen molar-refractivity contribution in [2.75, 3.05) is 5.32 Å². The smallest absolute Gasteiger partial charge is 0.302 e. The number of rotatable bonds is 4. The zero-order valence-corrected chi connectivity index (χ0v) is 12.9. The van der Waals surface area contributed by atoms with Gasteiger partial charge in [-0.25, -0.2) is 4.98 Å². The van der Waals surface area contributed by atoms with Crippen molar-refractivity contribution in [2.45, 2.75) is 26.4 Å². The van der Waals surface area contributed by atoms with Gasteiger partial charge in [0.05, 0.1) is 11.3 Å². The predicted octanol–water partition coefficient (Wildman–Crippen LogP) is 4.81. The Bertz CT molecular complexity index is 665. The van der Waals surface area contributed by atoms with Gasteiger partial charge in [0, 0.05) is 17.4 Å². The molecule has 0 saturated heterocycles. The van der Waals surface area contributed by atoms with E-state index in [9.17, 15) is 18.0 Å². The first-order chi connectivity index (χ1) is 10.3. The second kappa shape index (κ2) is 6.48. The third-order valence-corrected chi connectivity index (χ3v) is 3.59. The molecule has 1 aromatic heterocycles. The molecule has 2 rings (SSSR count). The van der Waals surface area contributed by atoms with E-state index in [2.05, 4.69) is 10.3 Å². The molecule has 2 aromatic rings. The average Bonchev–Trinajstić information content (AvgIpc) is 2.85. The Kier molecular flexibility index (Phi) is 4.85. The predicted molar refractivity (Wildman–Crippen MR) is 80.6 cm³/mol. The molecule has 1 aromatic carbocycles. The molecule has 0 radical (unpaired) electrons. The molecule has 1 N–H and O–H groups in total. The Labute approximate surface area is 130 Å². The van der Waals surface area contributed by atoms with Gasteiger partial charge in [0.25, 0.3) is 0 Å². The first-order valence-corrected chi connectivity index (χ1v) is 7.56. The van der Waals surface area contributed by atoms with Gasteiger partial charge in [-0.3, -0.25) is 4.79 Å². The Morgan fingerprint density at radius 2 is 2.09 bits per heavy atom. The number of hydrogen-bond acceptors (Lipinski definition) is 3. The summed E-state index contributed by atoms with van der Waals surface area (Å²) in [7, 11) is 0. The van der Waals surface area contributed by atoms with E-state index in [1.165, 1.54) is 17.4 Å². The van der Waals surface area contributed by atoms with E-state index < -0.39 is 11.7 Å². The summed E-state index contributed by atoms with van der Waals surface area (Å²) < 4.78 is 38.1. The molecule has 0 unspecified atom stereocenters. The number of thiazole rings is 1. The van der Waals surface area contributed by atoms with E-state index in [1.807, 2.05) is 13.8 Å². The van der Waals surface area contributed by atoms with Crippen molar-refractivity contribution in [1.29, 1.82) is 0 Å². The summed E-state index contributed by atoms with van der Waals surface area (Å²) in [6, 6.07) is 4.97. The minimum Gasteiger partial charge on any atom is -0.302 e. The Hall–Kier alpha value is -1.89. The normalized spacial score (nSPS) is 11.7. The van der Waals surface area contributed by atoms with Crippen molar-refractivity contribution in [3.63, 3.8) is 0 Å². The van der Waals surface area contributed by atoms with Crippen LogP contribution in [0.1, 0.15) is 25.8 Å². The van der Waals surface area contributed by atoms with Crippen LogP contribution in [0.15, 0.2) is 29.6 Å². The molecule has 0 aliphatic heterocycles. The number of halogens is 3. The quantitative estimate of drug-likeness (QED) is 0.875. The minimum absolute atomic E-state index is 0.153. The van der Waals surface area contributed by atoms with Crippen LogP contribution in [0.4, 0.5) is 18.3 Å². The van der Waals surface area contributed by atoms with Crippen molar-refractivity contribution in [3.8, 4) is 11.3 Å². The van der Waals surface area contributed by atoms with E-state index >= 15 is 0 Å². The molecule has 0 aliphatic rings. The van der Waals surface area contributed by atoms with Gasteiger partial charge in [0.1, 0.15) is 0 Å². The number of anilines is 1. The lowest BCUT2D eigenvalue weighted by molar-refractivity contribution is -0.137. The number of amides is 1. The number of carbonyl (C=O) groups excluding carboxylic acids is 1. The maximum atomic E-state index is 12.7. The molecule has 118 valence electrons. The summed E-state index contributed by atoms with van der Waals surface area (Å²) in [5.41, 5.74) is 0.0646. The van der Waals surface area contributed by atoms with Crippen molar-refractivity contribution >= 4 is 22.4 Å². The highest BCUT2D eigenvalue weighted by Crippen LogP contribution is 2.33. The number of nitrogens with zero attached hydrogens (tertiary/aromatic N) is 1. The lowest BCUT2D eigenvalue weighted by Gasteiger charge is -2.07. The Morgan fingerprint density at radius 3 is 2.73 bits per heavy atom. The standard InChI is InChI=1S/C15H15F3N2OS/c1-9(2)6-13(21)20-14-19-12(8-22-14)10-4-3-5-11(7-10)15(16,17)18/h3-5,7-9H,6H2,1-2H3,(H,19,20,21). The first-order valence-electron chi connectivity index (χ1n) is 6.68. The van der Waals surface area contributed by atoms with Crippen molar-refractivity contribution < 1.29 is 18.0 Å². The topological polar surface area (TPSA) is 42.0 Å². The molecule has 0 bridgehead atoms. The summed E-state index contributed by atoms with van der Waals surface area (Å²) in [6.45, 7) is 3.85. The third-order valence-electron chi connectivity index (χ3n) is 2.83. The highest BCUT2D eigenvalue weighted by Gasteiger charge is 2.30. The van der Waals surface area contributed by atoms with Crippen molar-refractivity contribution in [3.05, 3.63) is 35.2 Å². The number of hydrogen-bond donors (Lipinski definition) is 1. The Balaban J connectivity index is 2.16. The third kappa shape index (κ3) is 4.30. The zero-order valence-electron chi connectivity index (χ0n) is 12.1. The fraction of sp³-hybridized carbons (Fsp3) is 0.333. The Morgan fingerprint density at radius 1 is 1.36 bits per heavy atom. The van der Waals surface area contributed by atoms with Crippen molar-refractivity contribution in [2.24, 2.45) is 5.92 Å². The van der Waals surface area contributed by atoms with Crippen LogP contribution in [0.5, 0.6) is 0 Å². The maximum Gasteiger partial charge on any atom is 0.416 e. The molecule has 0 spiro atoms. The molecule has 3 nitrogen and oxygen atoms in total. The zero-order chi connectivity index (χ0) is 16.3. The van der Waals surface area contributed by atoms with Gasteiger partial charge < -0.3 is 5.32 Å². The number of benzene rings is 1. The molecule has 7 heteroatoms. The monoisotopic (exact) mass is 328 g/mol. The summed E-state index contributed by atoms with van der Waals surface area (Å²) in [4.78, 5) is 15.8. The van der Waals surface area contributed by atoms with E-state index in [4.69, 9.17) is 0 Å². The highest BCUT2D eigenvalue weighted by atomic mass is 32.1. The molecule has 1 heterocycles. The van der Waals surface area contributed by atoms with E-state index in [0.29, 0.717) is 22.8 Å². The van der Waals surface area contributed by atoms with Gasteiger partial charge in [-0.1, -0.05) is 26.0 Å². The minimum atomic E-state index is -4.39. The molecule has 0 atom stereocenters. The summed E-state index contributed by atoms with van der Waals surface area (Å²) in [5.74, 6) is 0.0721. The van der Waals surface area contributed by atoms with Crippen molar-refractivity contribution in [1.82, 2.24) is 4.98 Å². The SMILES string of the molecule is CC(C)CC(=O)Nc1nc(-c2cccc(C(F)(F)F)c2)cs1. The molecular weight excluding hydrogens is 313 g/mol. The molecule has 22 heavy (non-hydrogen) atoms. The van der Waals surface area contributed by atoms with Gasteiger partial charge in [-0.2, -0.15) is 13.2 Å². The second-order valence-electron chi connectivity index (χ2n) is 5.26. The average molecular weight is 328 g/mol. The van der Waals surface area contributed by atoms with Gasteiger partial charge in [0.15, 0.2) is 5.13 Å². The number of aromatic nitrogens is 1. The molecule has 0 aliphatic carbocycles. The molecular formula is C15H15F3N2OS. The highest BCUT2D eigenvalue weighted by molar-refractivity contribution is 7.14. The fourth-order valence-corrected chi connectivity index (χ4v) is 2.60. The van der Waals surface area contributed by atoms with Crippen LogP contribution in [0.2, 0.25) is 0 Å². The largest absolute Gasteiger partial charge is 0.416 e. The van der Waals surface area contributed by atoms with Gasteiger partial charge in [0.2, 0.25) is 5.91 Å². The van der Waals surface area contributed by atoms with Crippen LogP contribution in [-0.4, -0.2) is 10.9 Å². The van der Waals surface area contributed by atoms with Crippen LogP contribution in [0, 0.1) is 5.92 Å². The van der Waals surface area contributed by atoms with Crippen LogP contribution >= 0.6 is 11.3 Å². The van der Waals surface area contributed by atoms with Gasteiger partial charge >= 0.3 is 6.18 Å². The number of nitrogens with one attached hydrogen (secondary N) is 1. The molecule has 0 fully saturated rings. The fourth-order valence-electron chi connectivity index (χ4n) is 1.86. The van der Waals surface area contributed by atoms with E-state index in [1.54, 1.807) is 11.4 Å². The van der Waals surface area contributed by atoms with Crippen LogP contribution in [0.3, 0.4) is 0 Å². The second-order valence-corrected chi connectivity index (χ2v) is 6.12. The van der Waals surface area contributed by atoms with Gasteiger partial charge in [-0.05, 0) is 18.1 Å². The lowest BCUT2D eigenvalue weighted by atomic mass is 10.1. The number of carbonyl (C=O) groups is 1. The summed E-state index contributed by atoms with van der Waals surface area (Å²) in [5, 5.41) is 4.67. The first kappa shape index (κ1) is 16.5. The van der Waals surface area contributed by atoms with Crippen LogP contribution in [0.25, 0.3) is 11.3 Å². The summed E-state index contributed by atoms with van der Waals surface area (Å²) in [6.07, 6.45) is -4.02. The lowest BCUT2D eigenvalue weighted by Crippen LogP contribution is -2.13. The molecule has 1 amide bonds. The maximum absolute atomic E-state index is 12.7. The van der Waals surface area contributed by atoms with E-state index in [-0.39, 0.29) is 11.8 Å².